The normalized spacial score (nSPS) is 17.1. The van der Waals surface area contributed by atoms with Crippen molar-refractivity contribution < 1.29 is 9.20 Å². The van der Waals surface area contributed by atoms with Crippen molar-refractivity contribution in [2.75, 3.05) is 26.7 Å². The second kappa shape index (κ2) is 3.87. The molecule has 0 saturated carbocycles. The summed E-state index contributed by atoms with van der Waals surface area (Å²) in [5.74, 6) is 0. The molecule has 0 spiro atoms. The molecule has 1 atom stereocenters. The van der Waals surface area contributed by atoms with Crippen LogP contribution in [0.1, 0.15) is 0 Å². The van der Waals surface area contributed by atoms with E-state index >= 15 is 0 Å². The predicted molar refractivity (Wildman–Crippen MR) is 66.9 cm³/mol. The monoisotopic (exact) mass is 232 g/mol. The fourth-order valence-electron chi connectivity index (χ4n) is 0.912. The SMILES string of the molecule is CP(C)(C)(C)OP(O)c1ccccc1. The van der Waals surface area contributed by atoms with E-state index in [1.165, 1.54) is 0 Å². The van der Waals surface area contributed by atoms with Gasteiger partial charge in [0, 0.05) is 0 Å². The Morgan fingerprint density at radius 2 is 1.57 bits per heavy atom. The zero-order chi connectivity index (χ0) is 10.8. The first-order valence-corrected chi connectivity index (χ1v) is 9.64. The van der Waals surface area contributed by atoms with E-state index in [1.807, 2.05) is 30.3 Å². The number of benzene rings is 1. The molecule has 0 aromatic heterocycles. The molecular weight excluding hydrogens is 214 g/mol. The zero-order valence-electron chi connectivity index (χ0n) is 9.14. The van der Waals surface area contributed by atoms with Crippen molar-refractivity contribution in [2.45, 2.75) is 0 Å². The van der Waals surface area contributed by atoms with Crippen molar-refractivity contribution in [2.24, 2.45) is 0 Å². The Hall–Kier alpha value is 0. The molecule has 14 heavy (non-hydrogen) atoms. The molecule has 0 saturated heterocycles. The molecule has 2 nitrogen and oxygen atoms in total. The average Bonchev–Trinajstić information content (AvgIpc) is 2.01. The summed E-state index contributed by atoms with van der Waals surface area (Å²) in [6, 6.07) is 9.55. The van der Waals surface area contributed by atoms with Crippen molar-refractivity contribution in [1.82, 2.24) is 0 Å². The van der Waals surface area contributed by atoms with Gasteiger partial charge in [0.25, 0.3) is 0 Å². The second-order valence-electron chi connectivity index (χ2n) is 5.10. The second-order valence-corrected chi connectivity index (χ2v) is 13.6. The zero-order valence-corrected chi connectivity index (χ0v) is 10.9. The Morgan fingerprint density at radius 1 is 1.07 bits per heavy atom. The first-order chi connectivity index (χ1) is 6.24. The summed E-state index contributed by atoms with van der Waals surface area (Å²) in [7, 11) is -1.45. The van der Waals surface area contributed by atoms with E-state index in [-0.39, 0.29) is 0 Å². The Labute approximate surface area is 87.2 Å². The third-order valence-electron chi connectivity index (χ3n) is 1.38. The first kappa shape index (κ1) is 12.1. The molecule has 4 heteroatoms. The van der Waals surface area contributed by atoms with Crippen LogP contribution in [0, 0.1) is 0 Å². The summed E-state index contributed by atoms with van der Waals surface area (Å²) in [6.45, 7) is 6.25. The molecule has 80 valence electrons. The van der Waals surface area contributed by atoms with E-state index in [1.54, 1.807) is 0 Å². The average molecular weight is 232 g/mol. The van der Waals surface area contributed by atoms with Crippen molar-refractivity contribution in [3.8, 4) is 0 Å². The van der Waals surface area contributed by atoms with Crippen LogP contribution < -0.4 is 5.30 Å². The molecule has 0 aliphatic rings. The van der Waals surface area contributed by atoms with Crippen LogP contribution in [-0.2, 0) is 4.31 Å². The summed E-state index contributed by atoms with van der Waals surface area (Å²) >= 11 is 0. The van der Waals surface area contributed by atoms with Crippen LogP contribution in [0.3, 0.4) is 0 Å². The molecule has 0 radical (unpaired) electrons. The minimum atomic E-state index is -2.08. The van der Waals surface area contributed by atoms with Gasteiger partial charge in [-0.1, -0.05) is 0 Å². The third kappa shape index (κ3) is 4.48. The van der Waals surface area contributed by atoms with Crippen molar-refractivity contribution in [3.63, 3.8) is 0 Å². The van der Waals surface area contributed by atoms with Gasteiger partial charge in [0.1, 0.15) is 0 Å². The summed E-state index contributed by atoms with van der Waals surface area (Å²) in [6.07, 6.45) is 0. The molecule has 1 aromatic rings. The quantitative estimate of drug-likeness (QED) is 0.812. The maximum absolute atomic E-state index is 9.90. The standard InChI is InChI=1S/C10H18O2P2/c1-14(2,3,4)12-13(11)10-8-6-5-7-9-10/h5-9,11H,1-4H3. The van der Waals surface area contributed by atoms with Crippen LogP contribution >= 0.6 is 15.2 Å². The van der Waals surface area contributed by atoms with E-state index < -0.39 is 15.2 Å². The minimum absolute atomic E-state index is 0.879. The molecule has 1 N–H and O–H groups in total. The summed E-state index contributed by atoms with van der Waals surface area (Å²) < 4.78 is 5.76. The molecule has 1 rings (SSSR count). The van der Waals surface area contributed by atoms with Gasteiger partial charge >= 0.3 is 86.7 Å². The molecule has 0 fully saturated rings. The summed E-state index contributed by atoms with van der Waals surface area (Å²) in [5.41, 5.74) is 0. The van der Waals surface area contributed by atoms with Crippen molar-refractivity contribution in [1.29, 1.82) is 0 Å². The maximum atomic E-state index is 9.90. The summed E-state index contributed by atoms with van der Waals surface area (Å²) in [5, 5.41) is 0.879. The van der Waals surface area contributed by atoms with Gasteiger partial charge in [-0.15, -0.1) is 0 Å². The van der Waals surface area contributed by atoms with Crippen LogP contribution in [0.4, 0.5) is 0 Å². The van der Waals surface area contributed by atoms with Gasteiger partial charge in [0.15, 0.2) is 0 Å². The van der Waals surface area contributed by atoms with Gasteiger partial charge in [0.2, 0.25) is 0 Å². The first-order valence-electron chi connectivity index (χ1n) is 4.49. The van der Waals surface area contributed by atoms with Crippen LogP contribution in [0.15, 0.2) is 30.3 Å². The topological polar surface area (TPSA) is 29.5 Å². The molecule has 0 aliphatic heterocycles. The van der Waals surface area contributed by atoms with Gasteiger partial charge in [-0.3, -0.25) is 0 Å². The molecule has 1 aromatic carbocycles. The Morgan fingerprint density at radius 3 is 2.00 bits per heavy atom. The molecule has 0 bridgehead atoms. The van der Waals surface area contributed by atoms with Crippen molar-refractivity contribution in [3.05, 3.63) is 30.3 Å². The van der Waals surface area contributed by atoms with E-state index in [4.69, 9.17) is 4.31 Å². The van der Waals surface area contributed by atoms with Gasteiger partial charge in [-0.2, -0.15) is 0 Å². The molecule has 0 heterocycles. The van der Waals surface area contributed by atoms with E-state index in [0.717, 1.165) is 5.30 Å². The Kier molecular flexibility index (Phi) is 3.33. The molecule has 0 aliphatic carbocycles. The molecule has 1 unspecified atom stereocenters. The summed E-state index contributed by atoms with van der Waals surface area (Å²) in [4.78, 5) is 9.90. The Bertz CT molecular complexity index is 294. The van der Waals surface area contributed by atoms with Crippen LogP contribution in [-0.4, -0.2) is 31.6 Å². The molecule has 0 amide bonds. The Balaban J connectivity index is 2.74. The number of hydrogen-bond donors (Lipinski definition) is 1. The van der Waals surface area contributed by atoms with Crippen LogP contribution in [0.5, 0.6) is 0 Å². The fraction of sp³-hybridized carbons (Fsp3) is 0.400. The number of rotatable bonds is 3. The van der Waals surface area contributed by atoms with E-state index in [2.05, 4.69) is 26.7 Å². The van der Waals surface area contributed by atoms with Gasteiger partial charge in [-0.05, 0) is 0 Å². The van der Waals surface area contributed by atoms with Gasteiger partial charge in [-0.25, -0.2) is 0 Å². The van der Waals surface area contributed by atoms with E-state index in [0.29, 0.717) is 0 Å². The molecular formula is C10H18O2P2. The van der Waals surface area contributed by atoms with Crippen molar-refractivity contribution >= 4 is 20.5 Å². The number of hydrogen-bond acceptors (Lipinski definition) is 2. The van der Waals surface area contributed by atoms with E-state index in [9.17, 15) is 4.89 Å². The van der Waals surface area contributed by atoms with Gasteiger partial charge < -0.3 is 0 Å². The fourth-order valence-corrected chi connectivity index (χ4v) is 4.19. The third-order valence-corrected chi connectivity index (χ3v) is 5.35. The van der Waals surface area contributed by atoms with Crippen LogP contribution in [0.2, 0.25) is 0 Å². The van der Waals surface area contributed by atoms with Gasteiger partial charge in [0.05, 0.1) is 0 Å². The van der Waals surface area contributed by atoms with Crippen LogP contribution in [0.25, 0.3) is 0 Å². The predicted octanol–water partition coefficient (Wildman–Crippen LogP) is 2.62.